The molecule has 0 bridgehead atoms. The smallest absolute Gasteiger partial charge is 0.349 e. The largest absolute Gasteiger partial charge is 0.502 e. The highest BCUT2D eigenvalue weighted by molar-refractivity contribution is 7.59. The van der Waals surface area contributed by atoms with Crippen LogP contribution in [0, 0.1) is 11.6 Å². The van der Waals surface area contributed by atoms with Gasteiger partial charge in [0.15, 0.2) is 11.6 Å². The fraction of sp³-hybridized carbons (Fsp3) is 0. The maximum atomic E-state index is 14.1. The van der Waals surface area contributed by atoms with Gasteiger partial charge in [0, 0.05) is 26.6 Å². The van der Waals surface area contributed by atoms with Crippen molar-refractivity contribution in [3.8, 4) is 23.0 Å². The van der Waals surface area contributed by atoms with Crippen molar-refractivity contribution in [1.82, 2.24) is 0 Å². The van der Waals surface area contributed by atoms with E-state index in [0.717, 1.165) is 12.1 Å². The van der Waals surface area contributed by atoms with Crippen LogP contribution in [0.2, 0.25) is 0 Å². The molecule has 1 heterocycles. The van der Waals surface area contributed by atoms with Crippen molar-refractivity contribution >= 4 is 30.4 Å². The number of carbonyl (C=O) groups excluding carboxylic acids is 1. The second-order valence-corrected chi connectivity index (χ2v) is 5.01. The maximum absolute atomic E-state index is 14.1. The highest BCUT2D eigenvalue weighted by Crippen LogP contribution is 2.43. The van der Waals surface area contributed by atoms with E-state index in [4.69, 9.17) is 9.15 Å². The van der Waals surface area contributed by atoms with E-state index in [-0.39, 0.29) is 24.8 Å². The molecule has 0 atom stereocenters. The highest BCUT2D eigenvalue weighted by atomic mass is 32.1. The lowest BCUT2D eigenvalue weighted by Crippen LogP contribution is -2.14. The summed E-state index contributed by atoms with van der Waals surface area (Å²) < 4.78 is 62.4. The Hall–Kier alpha value is -3.41. The molecule has 1 N–H and O–H groups in total. The number of aromatic hydroxyl groups is 1. The minimum Gasteiger partial charge on any atom is -0.502 e. The average Bonchev–Trinajstić information content (AvgIpc) is 2.64. The van der Waals surface area contributed by atoms with E-state index in [9.17, 15) is 32.5 Å². The quantitative estimate of drug-likeness (QED) is 0.298. The van der Waals surface area contributed by atoms with Crippen LogP contribution in [-0.4, -0.2) is 11.1 Å². The lowest BCUT2D eigenvalue weighted by molar-refractivity contribution is -0.0444. The van der Waals surface area contributed by atoms with Crippen LogP contribution in [0.15, 0.2) is 39.5 Å². The van der Waals surface area contributed by atoms with Crippen molar-refractivity contribution in [2.24, 2.45) is 0 Å². The van der Waals surface area contributed by atoms with E-state index >= 15 is 0 Å². The fourth-order valence-corrected chi connectivity index (χ4v) is 2.22. The van der Waals surface area contributed by atoms with Gasteiger partial charge in [-0.25, -0.2) is 18.4 Å². The molecule has 3 rings (SSSR count). The van der Waals surface area contributed by atoms with Gasteiger partial charge >= 0.3 is 11.6 Å². The Kier molecular flexibility index (Phi) is 6.03. The molecule has 0 aliphatic heterocycles. The van der Waals surface area contributed by atoms with Crippen LogP contribution in [0.4, 0.5) is 17.8 Å². The number of phenolic OH excluding ortho intramolecular Hbond substituents is 1. The van der Waals surface area contributed by atoms with Crippen LogP contribution < -0.4 is 20.2 Å². The zero-order chi connectivity index (χ0) is 19.7. The summed E-state index contributed by atoms with van der Waals surface area (Å²) in [4.78, 5) is 29.2. The first-order valence-electron chi connectivity index (χ1n) is 6.94. The van der Waals surface area contributed by atoms with Gasteiger partial charge in [0.05, 0.1) is 0 Å². The molecule has 0 unspecified atom stereocenters. The third-order valence-electron chi connectivity index (χ3n) is 3.43. The van der Waals surface area contributed by atoms with Gasteiger partial charge in [0.1, 0.15) is 16.9 Å². The minimum absolute atomic E-state index is 0. The van der Waals surface area contributed by atoms with Crippen molar-refractivity contribution in [3.05, 3.63) is 57.9 Å². The normalized spacial score (nSPS) is 10.3. The monoisotopic (exact) mass is 420 g/mol. The molecule has 0 spiro atoms. The summed E-state index contributed by atoms with van der Waals surface area (Å²) in [6, 6.07) is 6.23. The molecule has 12 heteroatoms. The van der Waals surface area contributed by atoms with E-state index in [0.29, 0.717) is 5.39 Å². The van der Waals surface area contributed by atoms with Crippen molar-refractivity contribution in [2.45, 2.75) is 0 Å². The number of rotatable bonds is 4. The Bertz CT molecular complexity index is 1120. The molecular formula is C16H8F4O7S. The van der Waals surface area contributed by atoms with Crippen LogP contribution >= 0.6 is 13.5 Å². The first-order chi connectivity index (χ1) is 12.9. The zero-order valence-corrected chi connectivity index (χ0v) is 14.3. The second-order valence-electron chi connectivity index (χ2n) is 5.01. The summed E-state index contributed by atoms with van der Waals surface area (Å²) in [5.41, 5.74) is -2.26. The van der Waals surface area contributed by atoms with Crippen LogP contribution in [0.1, 0.15) is 10.4 Å². The summed E-state index contributed by atoms with van der Waals surface area (Å²) in [5, 5.41) is 9.85. The summed E-state index contributed by atoms with van der Waals surface area (Å²) >= 11 is 0. The summed E-state index contributed by atoms with van der Waals surface area (Å²) in [6.45, 7) is 0. The molecular weight excluding hydrogens is 412 g/mol. The second kappa shape index (κ2) is 8.08. The van der Waals surface area contributed by atoms with E-state index in [1.54, 1.807) is 0 Å². The van der Waals surface area contributed by atoms with E-state index in [1.165, 1.54) is 18.2 Å². The first-order valence-corrected chi connectivity index (χ1v) is 6.94. The van der Waals surface area contributed by atoms with Gasteiger partial charge in [-0.15, -0.1) is 0 Å². The molecule has 2 aromatic carbocycles. The Morgan fingerprint density at radius 2 is 1.64 bits per heavy atom. The number of ether oxygens (including phenoxy) is 1. The van der Waals surface area contributed by atoms with E-state index in [2.05, 4.69) is 9.88 Å². The lowest BCUT2D eigenvalue weighted by Gasteiger charge is -2.11. The Morgan fingerprint density at radius 1 is 1.00 bits per heavy atom. The molecule has 0 aliphatic rings. The molecule has 0 saturated heterocycles. The maximum Gasteiger partial charge on any atom is 0.349 e. The number of halogens is 4. The number of benzene rings is 2. The van der Waals surface area contributed by atoms with Crippen LogP contribution in [0.25, 0.3) is 11.0 Å². The summed E-state index contributed by atoms with van der Waals surface area (Å²) in [7, 11) is 0. The molecule has 1 aromatic heterocycles. The Balaban J connectivity index is 0.00000280. The molecule has 7 nitrogen and oxygen atoms in total. The van der Waals surface area contributed by atoms with Gasteiger partial charge in [-0.05, 0) is 18.2 Å². The molecule has 0 amide bonds. The third kappa shape index (κ3) is 3.53. The SMILES string of the molecule is O=C(Oc1ccc2ccc(=O)oc2c1)c1c(F)c(O)c(OF)c(OF)c1F.S. The molecule has 3 aromatic rings. The van der Waals surface area contributed by atoms with Crippen molar-refractivity contribution in [1.29, 1.82) is 0 Å². The standard InChI is InChI=1S/C16H6F4O7.H2S/c17-11-10(12(18)14(26-19)15(27-20)13(11)22)16(23)24-7-3-1-6-2-4-9(21)25-8(6)5-7;/h1-5,22H;1H2. The van der Waals surface area contributed by atoms with Crippen molar-refractivity contribution < 1.29 is 46.8 Å². The van der Waals surface area contributed by atoms with Crippen molar-refractivity contribution in [2.75, 3.05) is 0 Å². The minimum atomic E-state index is -2.02. The van der Waals surface area contributed by atoms with E-state index < -0.39 is 46.0 Å². The van der Waals surface area contributed by atoms with Gasteiger partial charge in [-0.2, -0.15) is 13.5 Å². The zero-order valence-electron chi connectivity index (χ0n) is 13.3. The third-order valence-corrected chi connectivity index (χ3v) is 3.43. The molecule has 28 heavy (non-hydrogen) atoms. The molecule has 0 radical (unpaired) electrons. The van der Waals surface area contributed by atoms with Gasteiger partial charge < -0.3 is 14.3 Å². The number of esters is 1. The number of phenols is 1. The predicted octanol–water partition coefficient (Wildman–Crippen LogP) is 3.64. The van der Waals surface area contributed by atoms with Crippen molar-refractivity contribution in [3.63, 3.8) is 0 Å². The predicted molar refractivity (Wildman–Crippen MR) is 89.3 cm³/mol. The Labute approximate surface area is 158 Å². The molecule has 0 aliphatic carbocycles. The Morgan fingerprint density at radius 3 is 2.29 bits per heavy atom. The van der Waals surface area contributed by atoms with Crippen LogP contribution in [0.3, 0.4) is 0 Å². The summed E-state index contributed by atoms with van der Waals surface area (Å²) in [5.74, 6) is -11.1. The van der Waals surface area contributed by atoms with E-state index in [1.807, 2.05) is 0 Å². The average molecular weight is 420 g/mol. The van der Waals surface area contributed by atoms with Gasteiger partial charge in [-0.3, -0.25) is 9.88 Å². The summed E-state index contributed by atoms with van der Waals surface area (Å²) in [6.07, 6.45) is 0. The number of fused-ring (bicyclic) bond motifs is 1. The molecule has 0 saturated carbocycles. The highest BCUT2D eigenvalue weighted by Gasteiger charge is 2.33. The van der Waals surface area contributed by atoms with Gasteiger partial charge in [-0.1, -0.05) is 0 Å². The van der Waals surface area contributed by atoms with Gasteiger partial charge in [0.25, 0.3) is 11.5 Å². The number of hydrogen-bond donors (Lipinski definition) is 1. The fourth-order valence-electron chi connectivity index (χ4n) is 2.22. The first kappa shape index (κ1) is 20.9. The van der Waals surface area contributed by atoms with Gasteiger partial charge in [0.2, 0.25) is 5.75 Å². The topological polar surface area (TPSA) is 95.2 Å². The lowest BCUT2D eigenvalue weighted by atomic mass is 10.1. The van der Waals surface area contributed by atoms with Crippen LogP contribution in [-0.2, 0) is 0 Å². The number of hydrogen-bond acceptors (Lipinski definition) is 7. The molecule has 148 valence electrons. The molecule has 0 fully saturated rings. The number of carbonyl (C=O) groups is 1. The van der Waals surface area contributed by atoms with Crippen LogP contribution in [0.5, 0.6) is 23.0 Å².